The van der Waals surface area contributed by atoms with Crippen molar-refractivity contribution in [3.05, 3.63) is 23.5 Å². The van der Waals surface area contributed by atoms with Gasteiger partial charge in [0.1, 0.15) is 11.9 Å². The summed E-state index contributed by atoms with van der Waals surface area (Å²) in [5.41, 5.74) is 6.72. The number of amides is 2. The number of ether oxygens (including phenoxy) is 1. The molecule has 20 heavy (non-hydrogen) atoms. The number of benzene rings is 1. The van der Waals surface area contributed by atoms with E-state index in [0.717, 1.165) is 0 Å². The van der Waals surface area contributed by atoms with E-state index in [4.69, 9.17) is 10.5 Å². The summed E-state index contributed by atoms with van der Waals surface area (Å²) in [4.78, 5) is 26.0. The Hall–Kier alpha value is -2.15. The molecule has 2 aliphatic rings. The zero-order valence-corrected chi connectivity index (χ0v) is 10.9. The molecule has 2 aliphatic heterocycles. The van der Waals surface area contributed by atoms with Gasteiger partial charge in [-0.15, -0.1) is 0 Å². The maximum atomic E-state index is 14.1. The van der Waals surface area contributed by atoms with Crippen LogP contribution in [0.15, 0.2) is 12.1 Å². The molecule has 1 fully saturated rings. The quantitative estimate of drug-likeness (QED) is 0.861. The van der Waals surface area contributed by atoms with Crippen LogP contribution in [0, 0.1) is 5.82 Å². The number of cyclic esters (lactones) is 1. The number of carbonyl (C=O) groups excluding carboxylic acids is 2. The van der Waals surface area contributed by atoms with Crippen LogP contribution in [0.25, 0.3) is 0 Å². The molecular formula is C13H14FN3O3. The van der Waals surface area contributed by atoms with Crippen LogP contribution in [-0.2, 0) is 16.0 Å². The second kappa shape index (κ2) is 4.45. The first-order valence-electron chi connectivity index (χ1n) is 6.28. The zero-order valence-electron chi connectivity index (χ0n) is 10.9. The van der Waals surface area contributed by atoms with Crippen LogP contribution >= 0.6 is 0 Å². The topological polar surface area (TPSA) is 75.9 Å². The maximum absolute atomic E-state index is 14.1. The molecule has 0 spiro atoms. The van der Waals surface area contributed by atoms with Crippen LogP contribution in [0.5, 0.6) is 0 Å². The van der Waals surface area contributed by atoms with Crippen molar-refractivity contribution in [3.8, 4) is 0 Å². The number of likely N-dealkylation sites (N-methyl/N-ethyl adjacent to an activating group) is 1. The van der Waals surface area contributed by atoms with Crippen LogP contribution in [0.4, 0.5) is 20.6 Å². The van der Waals surface area contributed by atoms with Crippen molar-refractivity contribution in [3.63, 3.8) is 0 Å². The van der Waals surface area contributed by atoms with E-state index in [1.165, 1.54) is 22.9 Å². The first kappa shape index (κ1) is 12.9. The van der Waals surface area contributed by atoms with Gasteiger partial charge < -0.3 is 15.4 Å². The van der Waals surface area contributed by atoms with Gasteiger partial charge in [0.2, 0.25) is 5.91 Å². The van der Waals surface area contributed by atoms with Gasteiger partial charge in [-0.25, -0.2) is 9.18 Å². The van der Waals surface area contributed by atoms with Gasteiger partial charge in [0.25, 0.3) is 0 Å². The van der Waals surface area contributed by atoms with Gasteiger partial charge in [-0.3, -0.25) is 9.69 Å². The van der Waals surface area contributed by atoms with Crippen molar-refractivity contribution in [2.24, 2.45) is 5.73 Å². The van der Waals surface area contributed by atoms with Crippen molar-refractivity contribution in [1.29, 1.82) is 0 Å². The molecule has 2 amide bonds. The Morgan fingerprint density at radius 3 is 2.85 bits per heavy atom. The van der Waals surface area contributed by atoms with E-state index in [9.17, 15) is 14.0 Å². The third kappa shape index (κ3) is 1.82. The summed E-state index contributed by atoms with van der Waals surface area (Å²) < 4.78 is 19.2. The standard InChI is InChI=1S/C13H14FN3O3/c1-16-11(18)3-7-2-8(4-10(14)12(7)16)17-6-9(5-15)20-13(17)19/h2,4,9H,3,5-6,15H2,1H3/t9-/m1/s1. The number of halogens is 1. The average Bonchev–Trinajstić information content (AvgIpc) is 2.91. The molecule has 0 unspecified atom stereocenters. The van der Waals surface area contributed by atoms with Gasteiger partial charge in [0.05, 0.1) is 24.3 Å². The summed E-state index contributed by atoms with van der Waals surface area (Å²) in [5.74, 6) is -0.685. The van der Waals surface area contributed by atoms with E-state index in [-0.39, 0.29) is 37.2 Å². The Labute approximate surface area is 114 Å². The lowest BCUT2D eigenvalue weighted by atomic mass is 10.1. The number of hydrogen-bond donors (Lipinski definition) is 1. The van der Waals surface area contributed by atoms with Crippen molar-refractivity contribution >= 4 is 23.4 Å². The third-order valence-corrected chi connectivity index (χ3v) is 3.63. The summed E-state index contributed by atoms with van der Waals surface area (Å²) in [7, 11) is 1.53. The second-order valence-corrected chi connectivity index (χ2v) is 4.92. The lowest BCUT2D eigenvalue weighted by Gasteiger charge is -2.16. The first-order chi connectivity index (χ1) is 9.51. The molecule has 0 bridgehead atoms. The Morgan fingerprint density at radius 2 is 2.20 bits per heavy atom. The Bertz CT molecular complexity index is 605. The van der Waals surface area contributed by atoms with Crippen LogP contribution < -0.4 is 15.5 Å². The highest BCUT2D eigenvalue weighted by Gasteiger charge is 2.34. The van der Waals surface area contributed by atoms with E-state index in [1.54, 1.807) is 6.07 Å². The van der Waals surface area contributed by atoms with Crippen LogP contribution in [0.1, 0.15) is 5.56 Å². The Kier molecular flexibility index (Phi) is 2.86. The molecule has 0 aromatic heterocycles. The highest BCUT2D eigenvalue weighted by Crippen LogP contribution is 2.35. The first-order valence-corrected chi connectivity index (χ1v) is 6.28. The van der Waals surface area contributed by atoms with Gasteiger partial charge >= 0.3 is 6.09 Å². The van der Waals surface area contributed by atoms with Crippen molar-refractivity contribution in [2.75, 3.05) is 29.9 Å². The summed E-state index contributed by atoms with van der Waals surface area (Å²) >= 11 is 0. The molecule has 3 rings (SSSR count). The fourth-order valence-corrected chi connectivity index (χ4v) is 2.57. The molecule has 0 radical (unpaired) electrons. The molecule has 7 heteroatoms. The van der Waals surface area contributed by atoms with E-state index >= 15 is 0 Å². The monoisotopic (exact) mass is 279 g/mol. The number of anilines is 2. The minimum absolute atomic E-state index is 0.139. The average molecular weight is 279 g/mol. The predicted octanol–water partition coefficient (Wildman–Crippen LogP) is 0.628. The number of carbonyl (C=O) groups is 2. The summed E-state index contributed by atoms with van der Waals surface area (Å²) in [6.45, 7) is 0.508. The largest absolute Gasteiger partial charge is 0.443 e. The molecule has 2 heterocycles. The maximum Gasteiger partial charge on any atom is 0.414 e. The minimum Gasteiger partial charge on any atom is -0.443 e. The Balaban J connectivity index is 1.98. The molecular weight excluding hydrogens is 265 g/mol. The molecule has 1 aromatic rings. The minimum atomic E-state index is -0.544. The molecule has 0 saturated carbocycles. The summed E-state index contributed by atoms with van der Waals surface area (Å²) in [5, 5.41) is 0. The SMILES string of the molecule is CN1C(=O)Cc2cc(N3C[C@@H](CN)OC3=O)cc(F)c21. The van der Waals surface area contributed by atoms with Crippen LogP contribution in [0.3, 0.4) is 0 Å². The van der Waals surface area contributed by atoms with Crippen LogP contribution in [0.2, 0.25) is 0 Å². The number of nitrogens with two attached hydrogens (primary N) is 1. The van der Waals surface area contributed by atoms with Gasteiger partial charge in [0, 0.05) is 13.6 Å². The third-order valence-electron chi connectivity index (χ3n) is 3.63. The molecule has 1 aromatic carbocycles. The summed E-state index contributed by atoms with van der Waals surface area (Å²) in [6, 6.07) is 2.90. The van der Waals surface area contributed by atoms with E-state index < -0.39 is 11.9 Å². The molecule has 0 aliphatic carbocycles. The number of nitrogens with zero attached hydrogens (tertiary/aromatic N) is 2. The highest BCUT2D eigenvalue weighted by molar-refractivity contribution is 6.02. The fourth-order valence-electron chi connectivity index (χ4n) is 2.57. The van der Waals surface area contributed by atoms with E-state index in [2.05, 4.69) is 0 Å². The normalized spacial score (nSPS) is 21.4. The summed E-state index contributed by atoms with van der Waals surface area (Å²) in [6.07, 6.45) is -0.791. The lowest BCUT2D eigenvalue weighted by molar-refractivity contribution is -0.117. The molecule has 106 valence electrons. The van der Waals surface area contributed by atoms with Gasteiger partial charge in [0.15, 0.2) is 0 Å². The number of fused-ring (bicyclic) bond motifs is 1. The zero-order chi connectivity index (χ0) is 14.4. The van der Waals surface area contributed by atoms with E-state index in [0.29, 0.717) is 11.3 Å². The number of rotatable bonds is 2. The molecule has 1 atom stereocenters. The number of hydrogen-bond acceptors (Lipinski definition) is 4. The van der Waals surface area contributed by atoms with Gasteiger partial charge in [-0.05, 0) is 17.7 Å². The smallest absolute Gasteiger partial charge is 0.414 e. The van der Waals surface area contributed by atoms with Crippen molar-refractivity contribution in [2.45, 2.75) is 12.5 Å². The fraction of sp³-hybridized carbons (Fsp3) is 0.385. The molecule has 6 nitrogen and oxygen atoms in total. The van der Waals surface area contributed by atoms with E-state index in [1.807, 2.05) is 0 Å². The van der Waals surface area contributed by atoms with Crippen molar-refractivity contribution in [1.82, 2.24) is 0 Å². The second-order valence-electron chi connectivity index (χ2n) is 4.92. The Morgan fingerprint density at radius 1 is 1.45 bits per heavy atom. The van der Waals surface area contributed by atoms with Gasteiger partial charge in [-0.2, -0.15) is 0 Å². The highest BCUT2D eigenvalue weighted by atomic mass is 19.1. The van der Waals surface area contributed by atoms with Crippen molar-refractivity contribution < 1.29 is 18.7 Å². The van der Waals surface area contributed by atoms with Crippen LogP contribution in [-0.4, -0.2) is 38.2 Å². The lowest BCUT2D eigenvalue weighted by Crippen LogP contribution is -2.27. The molecule has 2 N–H and O–H groups in total. The molecule has 1 saturated heterocycles. The van der Waals surface area contributed by atoms with Gasteiger partial charge in [-0.1, -0.05) is 0 Å². The predicted molar refractivity (Wildman–Crippen MR) is 70.2 cm³/mol.